The minimum absolute atomic E-state index is 0.317. The van der Waals surface area contributed by atoms with E-state index in [2.05, 4.69) is 36.7 Å². The molecule has 1 unspecified atom stereocenters. The largest absolute Gasteiger partial charge is 0.508 e. The number of rotatable bonds is 5. The van der Waals surface area contributed by atoms with Gasteiger partial charge < -0.3 is 10.4 Å². The van der Waals surface area contributed by atoms with Crippen LogP contribution in [0.2, 0.25) is 0 Å². The van der Waals surface area contributed by atoms with Crippen molar-refractivity contribution < 1.29 is 5.11 Å². The van der Waals surface area contributed by atoms with Gasteiger partial charge in [-0.2, -0.15) is 0 Å². The zero-order chi connectivity index (χ0) is 13.0. The zero-order valence-corrected chi connectivity index (χ0v) is 11.6. The molecule has 0 bridgehead atoms. The predicted molar refractivity (Wildman–Crippen MR) is 76.8 cm³/mol. The monoisotopic (exact) mass is 261 g/mol. The molecular weight excluding hydrogens is 242 g/mol. The Kier molecular flexibility index (Phi) is 4.39. The maximum Gasteiger partial charge on any atom is 0.115 e. The van der Waals surface area contributed by atoms with Crippen LogP contribution in [0.25, 0.3) is 0 Å². The van der Waals surface area contributed by atoms with Crippen LogP contribution in [0.1, 0.15) is 30.3 Å². The lowest BCUT2D eigenvalue weighted by molar-refractivity contribution is 0.416. The highest BCUT2D eigenvalue weighted by molar-refractivity contribution is 7.10. The van der Waals surface area contributed by atoms with Gasteiger partial charge in [0.25, 0.3) is 0 Å². The van der Waals surface area contributed by atoms with Crippen LogP contribution in [0.4, 0.5) is 0 Å². The minimum Gasteiger partial charge on any atom is -0.508 e. The highest BCUT2D eigenvalue weighted by Gasteiger charge is 2.15. The van der Waals surface area contributed by atoms with E-state index in [0.717, 1.165) is 6.54 Å². The Morgan fingerprint density at radius 1 is 1.17 bits per heavy atom. The molecule has 1 atom stereocenters. The van der Waals surface area contributed by atoms with Crippen molar-refractivity contribution >= 4 is 11.3 Å². The first-order valence-corrected chi connectivity index (χ1v) is 7.09. The summed E-state index contributed by atoms with van der Waals surface area (Å²) < 4.78 is 0. The van der Waals surface area contributed by atoms with Crippen molar-refractivity contribution in [2.24, 2.45) is 5.92 Å². The molecule has 0 saturated heterocycles. The molecule has 0 radical (unpaired) electrons. The summed E-state index contributed by atoms with van der Waals surface area (Å²) in [5, 5.41) is 15.0. The predicted octanol–water partition coefficient (Wildman–Crippen LogP) is 3.94. The molecule has 2 aromatic rings. The third kappa shape index (κ3) is 3.34. The van der Waals surface area contributed by atoms with E-state index in [1.54, 1.807) is 23.5 Å². The summed E-state index contributed by atoms with van der Waals surface area (Å²) in [7, 11) is 0. The summed E-state index contributed by atoms with van der Waals surface area (Å²) in [6, 6.07) is 12.0. The number of hydrogen-bond donors (Lipinski definition) is 2. The molecule has 2 N–H and O–H groups in total. The SMILES string of the molecule is CC(C)C(NCc1ccc(O)cc1)c1cccs1. The van der Waals surface area contributed by atoms with E-state index in [0.29, 0.717) is 17.7 Å². The molecule has 96 valence electrons. The molecule has 0 spiro atoms. The van der Waals surface area contributed by atoms with Crippen LogP contribution in [-0.2, 0) is 6.54 Å². The Labute approximate surface area is 112 Å². The summed E-state index contributed by atoms with van der Waals surface area (Å²) in [6.45, 7) is 5.28. The van der Waals surface area contributed by atoms with Crippen LogP contribution in [0, 0.1) is 5.92 Å². The average molecular weight is 261 g/mol. The molecule has 0 aliphatic rings. The summed E-state index contributed by atoms with van der Waals surface area (Å²) in [5.41, 5.74) is 1.19. The van der Waals surface area contributed by atoms with Gasteiger partial charge in [0, 0.05) is 17.5 Å². The average Bonchev–Trinajstić information content (AvgIpc) is 2.85. The van der Waals surface area contributed by atoms with E-state index < -0.39 is 0 Å². The van der Waals surface area contributed by atoms with Gasteiger partial charge in [0.05, 0.1) is 0 Å². The number of phenolic OH excluding ortho intramolecular Hbond substituents is 1. The van der Waals surface area contributed by atoms with E-state index in [1.807, 2.05) is 12.1 Å². The third-order valence-corrected chi connectivity index (χ3v) is 3.93. The maximum atomic E-state index is 9.25. The lowest BCUT2D eigenvalue weighted by Crippen LogP contribution is -2.24. The van der Waals surface area contributed by atoms with Gasteiger partial charge >= 0.3 is 0 Å². The van der Waals surface area contributed by atoms with Crippen LogP contribution < -0.4 is 5.32 Å². The first-order chi connectivity index (χ1) is 8.66. The Bertz CT molecular complexity index is 462. The molecule has 2 nitrogen and oxygen atoms in total. The Morgan fingerprint density at radius 2 is 1.89 bits per heavy atom. The second-order valence-corrected chi connectivity index (χ2v) is 5.76. The van der Waals surface area contributed by atoms with E-state index in [9.17, 15) is 5.11 Å². The fourth-order valence-electron chi connectivity index (χ4n) is 1.97. The van der Waals surface area contributed by atoms with E-state index >= 15 is 0 Å². The van der Waals surface area contributed by atoms with Gasteiger partial charge in [-0.25, -0.2) is 0 Å². The molecule has 0 aliphatic heterocycles. The highest BCUT2D eigenvalue weighted by atomic mass is 32.1. The van der Waals surface area contributed by atoms with E-state index in [4.69, 9.17) is 0 Å². The van der Waals surface area contributed by atoms with Crippen LogP contribution in [0.5, 0.6) is 5.75 Å². The number of phenols is 1. The van der Waals surface area contributed by atoms with Crippen molar-refractivity contribution in [3.8, 4) is 5.75 Å². The zero-order valence-electron chi connectivity index (χ0n) is 10.8. The van der Waals surface area contributed by atoms with Gasteiger partial charge in [0.2, 0.25) is 0 Å². The van der Waals surface area contributed by atoms with Crippen LogP contribution in [0.15, 0.2) is 41.8 Å². The van der Waals surface area contributed by atoms with Crippen molar-refractivity contribution in [3.63, 3.8) is 0 Å². The molecule has 1 aromatic carbocycles. The smallest absolute Gasteiger partial charge is 0.115 e. The van der Waals surface area contributed by atoms with Crippen LogP contribution >= 0.6 is 11.3 Å². The van der Waals surface area contributed by atoms with Crippen molar-refractivity contribution in [2.75, 3.05) is 0 Å². The minimum atomic E-state index is 0.317. The second-order valence-electron chi connectivity index (χ2n) is 4.78. The van der Waals surface area contributed by atoms with Gasteiger partial charge in [-0.3, -0.25) is 0 Å². The summed E-state index contributed by atoms with van der Waals surface area (Å²) in [4.78, 5) is 1.38. The normalized spacial score (nSPS) is 12.8. The number of hydrogen-bond acceptors (Lipinski definition) is 3. The highest BCUT2D eigenvalue weighted by Crippen LogP contribution is 2.26. The molecule has 0 saturated carbocycles. The Morgan fingerprint density at radius 3 is 2.44 bits per heavy atom. The molecule has 0 fully saturated rings. The number of thiophene rings is 1. The van der Waals surface area contributed by atoms with Crippen molar-refractivity contribution in [1.29, 1.82) is 0 Å². The lowest BCUT2D eigenvalue weighted by Gasteiger charge is -2.21. The van der Waals surface area contributed by atoms with Crippen molar-refractivity contribution in [1.82, 2.24) is 5.32 Å². The van der Waals surface area contributed by atoms with Crippen molar-refractivity contribution in [3.05, 3.63) is 52.2 Å². The summed E-state index contributed by atoms with van der Waals surface area (Å²) in [5.74, 6) is 0.873. The van der Waals surface area contributed by atoms with Crippen molar-refractivity contribution in [2.45, 2.75) is 26.4 Å². The Balaban J connectivity index is 2.00. The fraction of sp³-hybridized carbons (Fsp3) is 0.333. The summed E-state index contributed by atoms with van der Waals surface area (Å²) >= 11 is 1.79. The quantitative estimate of drug-likeness (QED) is 0.854. The van der Waals surface area contributed by atoms with Gasteiger partial charge in [0.15, 0.2) is 0 Å². The topological polar surface area (TPSA) is 32.3 Å². The first kappa shape index (κ1) is 13.1. The van der Waals surface area contributed by atoms with E-state index in [1.165, 1.54) is 10.4 Å². The number of benzene rings is 1. The molecule has 18 heavy (non-hydrogen) atoms. The Hall–Kier alpha value is -1.32. The molecule has 1 aromatic heterocycles. The van der Waals surface area contributed by atoms with Crippen LogP contribution in [-0.4, -0.2) is 5.11 Å². The van der Waals surface area contributed by atoms with Gasteiger partial charge in [0.1, 0.15) is 5.75 Å². The second kappa shape index (κ2) is 6.03. The van der Waals surface area contributed by atoms with Gasteiger partial charge in [-0.1, -0.05) is 32.0 Å². The molecule has 0 aliphatic carbocycles. The molecule has 3 heteroatoms. The fourth-order valence-corrected chi connectivity index (χ4v) is 2.95. The van der Waals surface area contributed by atoms with Gasteiger partial charge in [-0.05, 0) is 35.1 Å². The van der Waals surface area contributed by atoms with Gasteiger partial charge in [-0.15, -0.1) is 11.3 Å². The first-order valence-electron chi connectivity index (χ1n) is 6.21. The third-order valence-electron chi connectivity index (χ3n) is 2.98. The summed E-state index contributed by atoms with van der Waals surface area (Å²) in [6.07, 6.45) is 0. The molecule has 0 amide bonds. The standard InChI is InChI=1S/C15H19NOS/c1-11(2)15(14-4-3-9-18-14)16-10-12-5-7-13(17)8-6-12/h3-9,11,15-17H,10H2,1-2H3. The van der Waals surface area contributed by atoms with Crippen LogP contribution in [0.3, 0.4) is 0 Å². The molecular formula is C15H19NOS. The number of nitrogens with one attached hydrogen (secondary N) is 1. The maximum absolute atomic E-state index is 9.25. The van der Waals surface area contributed by atoms with E-state index in [-0.39, 0.29) is 0 Å². The molecule has 1 heterocycles. The number of aromatic hydroxyl groups is 1. The lowest BCUT2D eigenvalue weighted by atomic mass is 10.0. The molecule has 2 rings (SSSR count).